The molecule has 1 fully saturated rings. The van der Waals surface area contributed by atoms with E-state index in [9.17, 15) is 4.79 Å². The second-order valence-corrected chi connectivity index (χ2v) is 8.17. The molecule has 2 aromatic heterocycles. The third-order valence-corrected chi connectivity index (χ3v) is 6.56. The Bertz CT molecular complexity index is 766. The topological polar surface area (TPSA) is 54.5 Å². The molecule has 1 aliphatic carbocycles. The summed E-state index contributed by atoms with van der Waals surface area (Å²) in [6.07, 6.45) is 6.44. The summed E-state index contributed by atoms with van der Waals surface area (Å²) < 4.78 is 5.37. The molecule has 0 aromatic carbocycles. The predicted octanol–water partition coefficient (Wildman–Crippen LogP) is 3.75. The van der Waals surface area contributed by atoms with Crippen LogP contribution in [0.3, 0.4) is 0 Å². The SMILES string of the molecule is CCC1CCc2sc(C(=O)Nc3ccc(N4CCOCC4)nc3)cc2C1. The number of nitrogens with one attached hydrogen (secondary N) is 1. The van der Waals surface area contributed by atoms with Gasteiger partial charge in [0, 0.05) is 18.0 Å². The van der Waals surface area contributed by atoms with Gasteiger partial charge < -0.3 is 15.0 Å². The molecule has 6 heteroatoms. The number of anilines is 2. The van der Waals surface area contributed by atoms with E-state index in [1.165, 1.54) is 23.3 Å². The average molecular weight is 372 g/mol. The second-order valence-electron chi connectivity index (χ2n) is 7.03. The number of hydrogen-bond acceptors (Lipinski definition) is 5. The fourth-order valence-corrected chi connectivity index (χ4v) is 4.80. The first kappa shape index (κ1) is 17.5. The number of pyridine rings is 1. The van der Waals surface area contributed by atoms with Gasteiger partial charge in [0.1, 0.15) is 5.82 Å². The van der Waals surface area contributed by atoms with Gasteiger partial charge in [-0.1, -0.05) is 13.3 Å². The highest BCUT2D eigenvalue weighted by atomic mass is 32.1. The van der Waals surface area contributed by atoms with Gasteiger partial charge in [0.15, 0.2) is 0 Å². The third-order valence-electron chi connectivity index (χ3n) is 5.33. The standard InChI is InChI=1S/C20H25N3O2S/c1-2-14-3-5-17-15(11-14)12-18(26-17)20(24)22-16-4-6-19(21-13-16)23-7-9-25-10-8-23/h4,6,12-14H,2-3,5,7-11H2,1H3,(H,22,24). The van der Waals surface area contributed by atoms with Crippen molar-refractivity contribution >= 4 is 28.7 Å². The van der Waals surface area contributed by atoms with E-state index in [0.717, 1.165) is 61.4 Å². The molecule has 1 N–H and O–H groups in total. The number of carbonyl (C=O) groups is 1. The largest absolute Gasteiger partial charge is 0.378 e. The highest BCUT2D eigenvalue weighted by Gasteiger charge is 2.22. The van der Waals surface area contributed by atoms with Crippen LogP contribution in [0.1, 0.15) is 39.9 Å². The van der Waals surface area contributed by atoms with Crippen LogP contribution in [0.5, 0.6) is 0 Å². The Labute approximate surface area is 158 Å². The van der Waals surface area contributed by atoms with E-state index in [1.54, 1.807) is 17.5 Å². The maximum Gasteiger partial charge on any atom is 0.265 e. The molecule has 0 spiro atoms. The third kappa shape index (κ3) is 3.76. The maximum atomic E-state index is 12.6. The summed E-state index contributed by atoms with van der Waals surface area (Å²) in [5, 5.41) is 2.99. The molecule has 5 nitrogen and oxygen atoms in total. The Morgan fingerprint density at radius 3 is 2.96 bits per heavy atom. The number of amides is 1. The average Bonchev–Trinajstić information content (AvgIpc) is 3.12. The van der Waals surface area contributed by atoms with Crippen LogP contribution in [-0.4, -0.2) is 37.2 Å². The van der Waals surface area contributed by atoms with E-state index in [0.29, 0.717) is 0 Å². The predicted molar refractivity (Wildman–Crippen MR) is 105 cm³/mol. The van der Waals surface area contributed by atoms with Crippen molar-refractivity contribution in [3.8, 4) is 0 Å². The minimum absolute atomic E-state index is 0.0293. The summed E-state index contributed by atoms with van der Waals surface area (Å²) in [6, 6.07) is 5.98. The molecule has 4 rings (SSSR count). The highest BCUT2D eigenvalue weighted by Crippen LogP contribution is 2.33. The van der Waals surface area contributed by atoms with E-state index in [-0.39, 0.29) is 5.91 Å². The smallest absolute Gasteiger partial charge is 0.265 e. The van der Waals surface area contributed by atoms with E-state index >= 15 is 0 Å². The molecule has 3 heterocycles. The summed E-state index contributed by atoms with van der Waals surface area (Å²) in [5.74, 6) is 1.67. The first-order valence-corrected chi connectivity index (χ1v) is 10.3. The quantitative estimate of drug-likeness (QED) is 0.889. The van der Waals surface area contributed by atoms with Gasteiger partial charge in [-0.05, 0) is 48.9 Å². The van der Waals surface area contributed by atoms with Crippen molar-refractivity contribution in [3.05, 3.63) is 39.7 Å². The van der Waals surface area contributed by atoms with E-state index < -0.39 is 0 Å². The van der Waals surface area contributed by atoms with Crippen molar-refractivity contribution in [3.63, 3.8) is 0 Å². The number of aryl methyl sites for hydroxylation is 1. The summed E-state index contributed by atoms with van der Waals surface area (Å²) in [6.45, 7) is 5.45. The van der Waals surface area contributed by atoms with Gasteiger partial charge in [-0.25, -0.2) is 4.98 Å². The number of fused-ring (bicyclic) bond motifs is 1. The molecule has 1 saturated heterocycles. The zero-order valence-corrected chi connectivity index (χ0v) is 16.0. The molecule has 0 saturated carbocycles. The normalized spacial score (nSPS) is 19.9. The molecule has 138 valence electrons. The minimum atomic E-state index is -0.0293. The molecule has 1 aliphatic heterocycles. The Balaban J connectivity index is 1.41. The van der Waals surface area contributed by atoms with Gasteiger partial charge in [-0.3, -0.25) is 4.79 Å². The van der Waals surface area contributed by atoms with Crippen molar-refractivity contribution < 1.29 is 9.53 Å². The van der Waals surface area contributed by atoms with Gasteiger partial charge in [-0.2, -0.15) is 0 Å². The molecule has 2 aromatic rings. The summed E-state index contributed by atoms with van der Waals surface area (Å²) >= 11 is 1.65. The summed E-state index contributed by atoms with van der Waals surface area (Å²) in [4.78, 5) is 21.5. The second kappa shape index (κ2) is 7.76. The Hall–Kier alpha value is -1.92. The lowest BCUT2D eigenvalue weighted by molar-refractivity contribution is 0.103. The van der Waals surface area contributed by atoms with Crippen molar-refractivity contribution in [1.82, 2.24) is 4.98 Å². The van der Waals surface area contributed by atoms with Crippen LogP contribution in [-0.2, 0) is 17.6 Å². The fourth-order valence-electron chi connectivity index (χ4n) is 3.69. The molecule has 0 radical (unpaired) electrons. The maximum absolute atomic E-state index is 12.6. The van der Waals surface area contributed by atoms with Crippen LogP contribution in [0.25, 0.3) is 0 Å². The number of carbonyl (C=O) groups excluding carboxylic acids is 1. The van der Waals surface area contributed by atoms with Crippen LogP contribution in [0.4, 0.5) is 11.5 Å². The van der Waals surface area contributed by atoms with Crippen LogP contribution in [0.15, 0.2) is 24.4 Å². The minimum Gasteiger partial charge on any atom is -0.378 e. The lowest BCUT2D eigenvalue weighted by Gasteiger charge is -2.27. The summed E-state index contributed by atoms with van der Waals surface area (Å²) in [7, 11) is 0. The molecule has 0 bridgehead atoms. The van der Waals surface area contributed by atoms with Crippen molar-refractivity contribution in [2.75, 3.05) is 36.5 Å². The summed E-state index contributed by atoms with van der Waals surface area (Å²) in [5.41, 5.74) is 2.11. The number of ether oxygens (including phenoxy) is 1. The fraction of sp³-hybridized carbons (Fsp3) is 0.500. The lowest BCUT2D eigenvalue weighted by atomic mass is 9.87. The molecular weight excluding hydrogens is 346 g/mol. The Kier molecular flexibility index (Phi) is 5.22. The molecule has 2 aliphatic rings. The van der Waals surface area contributed by atoms with E-state index in [2.05, 4.69) is 28.2 Å². The van der Waals surface area contributed by atoms with Gasteiger partial charge in [0.25, 0.3) is 5.91 Å². The zero-order valence-electron chi connectivity index (χ0n) is 15.2. The van der Waals surface area contributed by atoms with Crippen LogP contribution < -0.4 is 10.2 Å². The first-order valence-electron chi connectivity index (χ1n) is 9.44. The first-order chi connectivity index (χ1) is 12.7. The van der Waals surface area contributed by atoms with Crippen LogP contribution in [0, 0.1) is 5.92 Å². The van der Waals surface area contributed by atoms with Crippen molar-refractivity contribution in [1.29, 1.82) is 0 Å². The number of morpholine rings is 1. The Morgan fingerprint density at radius 1 is 1.38 bits per heavy atom. The number of hydrogen-bond donors (Lipinski definition) is 1. The zero-order chi connectivity index (χ0) is 17.9. The molecule has 26 heavy (non-hydrogen) atoms. The molecule has 1 atom stereocenters. The van der Waals surface area contributed by atoms with Crippen LogP contribution >= 0.6 is 11.3 Å². The Morgan fingerprint density at radius 2 is 2.23 bits per heavy atom. The molecular formula is C20H25N3O2S. The van der Waals surface area contributed by atoms with Gasteiger partial charge >= 0.3 is 0 Å². The van der Waals surface area contributed by atoms with Gasteiger partial charge in [-0.15, -0.1) is 11.3 Å². The molecule has 1 unspecified atom stereocenters. The van der Waals surface area contributed by atoms with E-state index in [1.807, 2.05) is 12.1 Å². The number of aromatic nitrogens is 1. The molecule has 1 amide bonds. The highest BCUT2D eigenvalue weighted by molar-refractivity contribution is 7.14. The monoisotopic (exact) mass is 371 g/mol. The van der Waals surface area contributed by atoms with Crippen LogP contribution in [0.2, 0.25) is 0 Å². The van der Waals surface area contributed by atoms with Gasteiger partial charge in [0.2, 0.25) is 0 Å². The van der Waals surface area contributed by atoms with Crippen molar-refractivity contribution in [2.45, 2.75) is 32.6 Å². The number of rotatable bonds is 4. The van der Waals surface area contributed by atoms with E-state index in [4.69, 9.17) is 4.74 Å². The lowest BCUT2D eigenvalue weighted by Crippen LogP contribution is -2.36. The van der Waals surface area contributed by atoms with Crippen molar-refractivity contribution in [2.24, 2.45) is 5.92 Å². The number of nitrogens with zero attached hydrogens (tertiary/aromatic N) is 2. The number of thiophene rings is 1. The van der Waals surface area contributed by atoms with Gasteiger partial charge in [0.05, 0.1) is 30.0 Å².